The highest BCUT2D eigenvalue weighted by Crippen LogP contribution is 2.16. The van der Waals surface area contributed by atoms with Gasteiger partial charge in [0.2, 0.25) is 5.91 Å². The Balaban J connectivity index is 1.83. The number of rotatable bonds is 6. The Kier molecular flexibility index (Phi) is 6.14. The van der Waals surface area contributed by atoms with Crippen LogP contribution in [-0.4, -0.2) is 27.3 Å². The first-order valence-corrected chi connectivity index (χ1v) is 9.42. The molecule has 0 atom stereocenters. The van der Waals surface area contributed by atoms with Crippen LogP contribution in [0.2, 0.25) is 10.0 Å². The number of benzene rings is 2. The van der Waals surface area contributed by atoms with Gasteiger partial charge in [-0.15, -0.1) is 0 Å². The summed E-state index contributed by atoms with van der Waals surface area (Å²) >= 11 is 11.9. The van der Waals surface area contributed by atoms with Crippen LogP contribution < -0.4 is 5.56 Å². The summed E-state index contributed by atoms with van der Waals surface area (Å²) in [6, 6.07) is 12.1. The third-order valence-electron chi connectivity index (χ3n) is 4.17. The summed E-state index contributed by atoms with van der Waals surface area (Å²) in [5.74, 6) is 0.403. The van der Waals surface area contributed by atoms with Crippen molar-refractivity contribution in [3.63, 3.8) is 0 Å². The average Bonchev–Trinajstić information content (AvgIpc) is 2.63. The molecule has 1 N–H and O–H groups in total. The number of carbonyl (C=O) groups is 1. The third-order valence-corrected chi connectivity index (χ3v) is 4.66. The molecule has 2 aromatic carbocycles. The molecule has 1 aromatic heterocycles. The number of nitrogens with zero attached hydrogens (tertiary/aromatic N) is 2. The number of nitrogens with one attached hydrogen (secondary N) is 1. The van der Waals surface area contributed by atoms with Crippen LogP contribution in [0.15, 0.2) is 47.3 Å². The molecule has 0 saturated heterocycles. The largest absolute Gasteiger partial charge is 0.335 e. The van der Waals surface area contributed by atoms with E-state index in [1.165, 1.54) is 0 Å². The Morgan fingerprint density at radius 1 is 1.11 bits per heavy atom. The Morgan fingerprint density at radius 2 is 1.81 bits per heavy atom. The monoisotopic (exact) mass is 403 g/mol. The summed E-state index contributed by atoms with van der Waals surface area (Å²) in [5, 5.41) is 1.61. The molecule has 0 bridgehead atoms. The number of amides is 1. The molecule has 0 aliphatic heterocycles. The quantitative estimate of drug-likeness (QED) is 0.669. The highest BCUT2D eigenvalue weighted by Gasteiger charge is 2.16. The number of H-pyrrole nitrogens is 1. The van der Waals surface area contributed by atoms with Gasteiger partial charge in [0.25, 0.3) is 5.56 Å². The second kappa shape index (κ2) is 8.55. The van der Waals surface area contributed by atoms with Crippen LogP contribution in [0.25, 0.3) is 10.9 Å². The molecule has 5 nitrogen and oxygen atoms in total. The standard InChI is InChI=1S/C20H19Cl2N3O2/c1-2-9-25(19(26)10-13-3-5-14(21)6-4-13)12-18-23-17-11-15(22)7-8-16(17)20(27)24-18/h3-8,11H,2,9-10,12H2,1H3,(H,23,24,27). The molecule has 0 unspecified atom stereocenters. The molecule has 3 aromatic rings. The number of aromatic amines is 1. The van der Waals surface area contributed by atoms with Gasteiger partial charge in [-0.1, -0.05) is 42.3 Å². The molecule has 0 spiro atoms. The summed E-state index contributed by atoms with van der Waals surface area (Å²) in [5.41, 5.74) is 1.16. The maximum atomic E-state index is 12.7. The van der Waals surface area contributed by atoms with E-state index in [0.29, 0.717) is 33.3 Å². The van der Waals surface area contributed by atoms with Gasteiger partial charge in [0.15, 0.2) is 0 Å². The normalized spacial score (nSPS) is 10.9. The molecule has 0 radical (unpaired) electrons. The van der Waals surface area contributed by atoms with E-state index in [1.54, 1.807) is 35.2 Å². The van der Waals surface area contributed by atoms with Gasteiger partial charge in [0, 0.05) is 16.6 Å². The van der Waals surface area contributed by atoms with Gasteiger partial charge >= 0.3 is 0 Å². The lowest BCUT2D eigenvalue weighted by molar-refractivity contribution is -0.131. The molecule has 0 aliphatic carbocycles. The highest BCUT2D eigenvalue weighted by molar-refractivity contribution is 6.31. The van der Waals surface area contributed by atoms with E-state index < -0.39 is 0 Å². The molecule has 0 fully saturated rings. The van der Waals surface area contributed by atoms with Crippen molar-refractivity contribution >= 4 is 40.0 Å². The van der Waals surface area contributed by atoms with Crippen molar-refractivity contribution in [2.45, 2.75) is 26.3 Å². The minimum absolute atomic E-state index is 0.0342. The third kappa shape index (κ3) is 4.87. The number of fused-ring (bicyclic) bond motifs is 1. The molecule has 140 valence electrons. The molecule has 1 heterocycles. The number of hydrogen-bond donors (Lipinski definition) is 1. The van der Waals surface area contributed by atoms with Gasteiger partial charge in [-0.2, -0.15) is 0 Å². The van der Waals surface area contributed by atoms with Gasteiger partial charge in [0.1, 0.15) is 5.82 Å². The smallest absolute Gasteiger partial charge is 0.258 e. The fourth-order valence-corrected chi connectivity index (χ4v) is 3.16. The lowest BCUT2D eigenvalue weighted by Crippen LogP contribution is -2.34. The maximum Gasteiger partial charge on any atom is 0.258 e. The van der Waals surface area contributed by atoms with Crippen LogP contribution in [-0.2, 0) is 17.8 Å². The summed E-state index contributed by atoms with van der Waals surface area (Å²) in [7, 11) is 0. The minimum atomic E-state index is -0.242. The lowest BCUT2D eigenvalue weighted by Gasteiger charge is -2.22. The number of hydrogen-bond acceptors (Lipinski definition) is 3. The Morgan fingerprint density at radius 3 is 2.52 bits per heavy atom. The van der Waals surface area contributed by atoms with E-state index >= 15 is 0 Å². The van der Waals surface area contributed by atoms with E-state index in [-0.39, 0.29) is 24.4 Å². The number of carbonyl (C=O) groups excluding carboxylic acids is 1. The lowest BCUT2D eigenvalue weighted by atomic mass is 10.1. The van der Waals surface area contributed by atoms with Gasteiger partial charge in [-0.05, 0) is 42.3 Å². The van der Waals surface area contributed by atoms with E-state index in [0.717, 1.165) is 12.0 Å². The molecule has 7 heteroatoms. The van der Waals surface area contributed by atoms with Gasteiger partial charge < -0.3 is 9.88 Å². The fraction of sp³-hybridized carbons (Fsp3) is 0.250. The van der Waals surface area contributed by atoms with E-state index in [2.05, 4.69) is 9.97 Å². The van der Waals surface area contributed by atoms with Crippen LogP contribution in [0.5, 0.6) is 0 Å². The molecule has 27 heavy (non-hydrogen) atoms. The highest BCUT2D eigenvalue weighted by atomic mass is 35.5. The van der Waals surface area contributed by atoms with Crippen LogP contribution in [0.3, 0.4) is 0 Å². The van der Waals surface area contributed by atoms with Crippen molar-refractivity contribution < 1.29 is 4.79 Å². The zero-order valence-electron chi connectivity index (χ0n) is 14.8. The Bertz CT molecular complexity index is 1020. The van der Waals surface area contributed by atoms with E-state index in [9.17, 15) is 9.59 Å². The zero-order valence-corrected chi connectivity index (χ0v) is 16.3. The maximum absolute atomic E-state index is 12.7. The predicted molar refractivity (Wildman–Crippen MR) is 108 cm³/mol. The molecular weight excluding hydrogens is 385 g/mol. The Hall–Kier alpha value is -2.37. The van der Waals surface area contributed by atoms with Crippen LogP contribution >= 0.6 is 23.2 Å². The average molecular weight is 404 g/mol. The van der Waals surface area contributed by atoms with Crippen molar-refractivity contribution in [3.8, 4) is 0 Å². The first-order valence-electron chi connectivity index (χ1n) is 8.67. The molecular formula is C20H19Cl2N3O2. The SMILES string of the molecule is CCCN(Cc1nc2cc(Cl)ccc2c(=O)[nH]1)C(=O)Cc1ccc(Cl)cc1. The van der Waals surface area contributed by atoms with Gasteiger partial charge in [0.05, 0.1) is 23.9 Å². The van der Waals surface area contributed by atoms with E-state index in [1.807, 2.05) is 19.1 Å². The van der Waals surface area contributed by atoms with Crippen molar-refractivity contribution in [1.82, 2.24) is 14.9 Å². The topological polar surface area (TPSA) is 66.1 Å². The van der Waals surface area contributed by atoms with Crippen LogP contribution in [0.1, 0.15) is 24.7 Å². The Labute approximate surface area is 166 Å². The van der Waals surface area contributed by atoms with Crippen molar-refractivity contribution in [2.24, 2.45) is 0 Å². The summed E-state index contributed by atoms with van der Waals surface area (Å²) in [6.07, 6.45) is 1.07. The number of aromatic nitrogens is 2. The van der Waals surface area contributed by atoms with Crippen molar-refractivity contribution in [1.29, 1.82) is 0 Å². The molecule has 3 rings (SSSR count). The zero-order chi connectivity index (χ0) is 19.4. The first kappa shape index (κ1) is 19.4. The minimum Gasteiger partial charge on any atom is -0.335 e. The summed E-state index contributed by atoms with van der Waals surface area (Å²) in [6.45, 7) is 2.81. The second-order valence-corrected chi connectivity index (χ2v) is 7.17. The predicted octanol–water partition coefficient (Wildman–Crippen LogP) is 4.21. The second-order valence-electron chi connectivity index (χ2n) is 6.29. The summed E-state index contributed by atoms with van der Waals surface area (Å²) in [4.78, 5) is 34.0. The fourth-order valence-electron chi connectivity index (χ4n) is 2.87. The van der Waals surface area contributed by atoms with Gasteiger partial charge in [-0.25, -0.2) is 4.98 Å². The van der Waals surface area contributed by atoms with Crippen molar-refractivity contribution in [3.05, 3.63) is 74.3 Å². The summed E-state index contributed by atoms with van der Waals surface area (Å²) < 4.78 is 0. The van der Waals surface area contributed by atoms with Gasteiger partial charge in [-0.3, -0.25) is 9.59 Å². The van der Waals surface area contributed by atoms with Crippen molar-refractivity contribution in [2.75, 3.05) is 6.54 Å². The van der Waals surface area contributed by atoms with Crippen LogP contribution in [0, 0.1) is 0 Å². The van der Waals surface area contributed by atoms with E-state index in [4.69, 9.17) is 23.2 Å². The molecule has 0 aliphatic rings. The first-order chi connectivity index (χ1) is 13.0. The molecule has 0 saturated carbocycles. The number of halogens is 2. The molecule has 1 amide bonds. The van der Waals surface area contributed by atoms with Crippen LogP contribution in [0.4, 0.5) is 0 Å².